The summed E-state index contributed by atoms with van der Waals surface area (Å²) in [5.41, 5.74) is 0.0763. The lowest BCUT2D eigenvalue weighted by Gasteiger charge is -2.18. The molecule has 2 aromatic rings. The van der Waals surface area contributed by atoms with E-state index in [1.54, 1.807) is 18.3 Å². The molecule has 6 heteroatoms. The van der Waals surface area contributed by atoms with Crippen molar-refractivity contribution in [2.75, 3.05) is 13.2 Å². The molecule has 1 aromatic carbocycles. The van der Waals surface area contributed by atoms with Crippen LogP contribution in [0.25, 0.3) is 0 Å². The summed E-state index contributed by atoms with van der Waals surface area (Å²) < 4.78 is 10.9. The monoisotopic (exact) mass is 288 g/mol. The van der Waals surface area contributed by atoms with Crippen LogP contribution in [0.15, 0.2) is 46.5 Å². The fourth-order valence-electron chi connectivity index (χ4n) is 1.83. The maximum Gasteiger partial charge on any atom is 0.162 e. The van der Waals surface area contributed by atoms with Crippen molar-refractivity contribution in [2.45, 2.75) is 9.92 Å². The number of carboxylic acid groups (broad SMARTS) is 1. The van der Waals surface area contributed by atoms with E-state index in [1.807, 2.05) is 12.1 Å². The summed E-state index contributed by atoms with van der Waals surface area (Å²) >= 11 is 1.25. The van der Waals surface area contributed by atoms with Gasteiger partial charge in [0, 0.05) is 16.7 Å². The van der Waals surface area contributed by atoms with Crippen LogP contribution in [0.5, 0.6) is 11.5 Å². The molecule has 0 N–H and O–H groups in total. The van der Waals surface area contributed by atoms with Gasteiger partial charge in [0.25, 0.3) is 0 Å². The SMILES string of the molecule is O=C([O-])c1cccnc1Sc1ccc2c(c1)OCCO2. The van der Waals surface area contributed by atoms with Crippen LogP contribution in [-0.2, 0) is 0 Å². The maximum atomic E-state index is 11.0. The van der Waals surface area contributed by atoms with Crippen molar-refractivity contribution in [3.05, 3.63) is 42.1 Å². The number of aromatic nitrogens is 1. The standard InChI is InChI=1S/C14H11NO4S/c16-14(17)10-2-1-5-15-13(10)20-9-3-4-11-12(8-9)19-7-6-18-11/h1-5,8H,6-7H2,(H,16,17)/p-1. The first-order valence-electron chi connectivity index (χ1n) is 5.98. The smallest absolute Gasteiger partial charge is 0.162 e. The Morgan fingerprint density at radius 3 is 2.80 bits per heavy atom. The number of hydrogen-bond donors (Lipinski definition) is 0. The van der Waals surface area contributed by atoms with Crippen LogP contribution in [0, 0.1) is 0 Å². The first kappa shape index (κ1) is 12.8. The van der Waals surface area contributed by atoms with Crippen LogP contribution in [0.3, 0.4) is 0 Å². The molecule has 2 heterocycles. The molecule has 20 heavy (non-hydrogen) atoms. The number of benzene rings is 1. The van der Waals surface area contributed by atoms with E-state index in [1.165, 1.54) is 17.8 Å². The van der Waals surface area contributed by atoms with Crippen molar-refractivity contribution >= 4 is 17.7 Å². The molecule has 3 rings (SSSR count). The van der Waals surface area contributed by atoms with Crippen molar-refractivity contribution < 1.29 is 19.4 Å². The Morgan fingerprint density at radius 2 is 2.00 bits per heavy atom. The third-order valence-corrected chi connectivity index (χ3v) is 3.73. The highest BCUT2D eigenvalue weighted by atomic mass is 32.2. The van der Waals surface area contributed by atoms with E-state index < -0.39 is 5.97 Å². The van der Waals surface area contributed by atoms with Crippen LogP contribution < -0.4 is 14.6 Å². The average molecular weight is 288 g/mol. The fraction of sp³-hybridized carbons (Fsp3) is 0.143. The summed E-state index contributed by atoms with van der Waals surface area (Å²) in [6.45, 7) is 1.05. The van der Waals surface area contributed by atoms with Crippen LogP contribution in [0.1, 0.15) is 10.4 Å². The summed E-state index contributed by atoms with van der Waals surface area (Å²) in [5, 5.41) is 11.4. The molecule has 0 atom stereocenters. The van der Waals surface area contributed by atoms with Crippen LogP contribution in [-0.4, -0.2) is 24.2 Å². The van der Waals surface area contributed by atoms with Gasteiger partial charge < -0.3 is 19.4 Å². The molecule has 0 unspecified atom stereocenters. The first-order valence-corrected chi connectivity index (χ1v) is 6.79. The van der Waals surface area contributed by atoms with Crippen molar-refractivity contribution in [2.24, 2.45) is 0 Å². The van der Waals surface area contributed by atoms with Gasteiger partial charge in [0.15, 0.2) is 11.5 Å². The van der Waals surface area contributed by atoms with Crippen LogP contribution in [0.2, 0.25) is 0 Å². The second kappa shape index (κ2) is 5.42. The molecule has 0 amide bonds. The van der Waals surface area contributed by atoms with Gasteiger partial charge in [-0.25, -0.2) is 4.98 Å². The highest BCUT2D eigenvalue weighted by molar-refractivity contribution is 7.99. The molecule has 1 aliphatic heterocycles. The number of carbonyl (C=O) groups is 1. The predicted molar refractivity (Wildman–Crippen MR) is 70.1 cm³/mol. The second-order valence-corrected chi connectivity index (χ2v) is 5.11. The number of fused-ring (bicyclic) bond motifs is 1. The summed E-state index contributed by atoms with van der Waals surface area (Å²) in [7, 11) is 0. The zero-order valence-electron chi connectivity index (χ0n) is 10.4. The molecule has 0 saturated heterocycles. The number of pyridine rings is 1. The average Bonchev–Trinajstić information content (AvgIpc) is 2.47. The molecule has 1 aliphatic rings. The van der Waals surface area contributed by atoms with E-state index >= 15 is 0 Å². The molecule has 0 fully saturated rings. The van der Waals surface area contributed by atoms with Crippen molar-refractivity contribution in [1.29, 1.82) is 0 Å². The largest absolute Gasteiger partial charge is 0.545 e. The Hall–Kier alpha value is -2.21. The van der Waals surface area contributed by atoms with Crippen molar-refractivity contribution in [3.63, 3.8) is 0 Å². The number of aromatic carboxylic acids is 1. The van der Waals surface area contributed by atoms with Gasteiger partial charge in [0.2, 0.25) is 0 Å². The topological polar surface area (TPSA) is 71.5 Å². The van der Waals surface area contributed by atoms with Crippen LogP contribution in [0.4, 0.5) is 0 Å². The molecule has 0 aliphatic carbocycles. The highest BCUT2D eigenvalue weighted by Gasteiger charge is 2.13. The van der Waals surface area contributed by atoms with Gasteiger partial charge in [-0.2, -0.15) is 0 Å². The van der Waals surface area contributed by atoms with E-state index in [9.17, 15) is 9.90 Å². The minimum atomic E-state index is -1.24. The Kier molecular flexibility index (Phi) is 3.47. The zero-order chi connectivity index (χ0) is 13.9. The van der Waals surface area contributed by atoms with E-state index in [0.717, 1.165) is 4.90 Å². The fourth-order valence-corrected chi connectivity index (χ4v) is 2.73. The molecule has 1 aromatic heterocycles. The maximum absolute atomic E-state index is 11.0. The lowest BCUT2D eigenvalue weighted by molar-refractivity contribution is -0.255. The quantitative estimate of drug-likeness (QED) is 0.849. The minimum absolute atomic E-state index is 0.0763. The molecule has 0 bridgehead atoms. The number of rotatable bonds is 3. The van der Waals surface area contributed by atoms with E-state index in [4.69, 9.17) is 9.47 Å². The molecule has 0 spiro atoms. The van der Waals surface area contributed by atoms with Gasteiger partial charge in [-0.3, -0.25) is 0 Å². The molecule has 102 valence electrons. The Balaban J connectivity index is 1.90. The number of ether oxygens (including phenoxy) is 2. The minimum Gasteiger partial charge on any atom is -0.545 e. The lowest BCUT2D eigenvalue weighted by Crippen LogP contribution is -2.23. The number of nitrogens with zero attached hydrogens (tertiary/aromatic N) is 1. The summed E-state index contributed by atoms with van der Waals surface area (Å²) in [4.78, 5) is 15.9. The zero-order valence-corrected chi connectivity index (χ0v) is 11.2. The summed E-state index contributed by atoms with van der Waals surface area (Å²) in [5.74, 6) is 0.118. The Labute approximate surface area is 119 Å². The summed E-state index contributed by atoms with van der Waals surface area (Å²) in [6.07, 6.45) is 1.55. The van der Waals surface area contributed by atoms with Gasteiger partial charge >= 0.3 is 0 Å². The Bertz CT molecular complexity index is 659. The molecular weight excluding hydrogens is 278 g/mol. The van der Waals surface area contributed by atoms with Gasteiger partial charge in [-0.1, -0.05) is 11.8 Å². The van der Waals surface area contributed by atoms with Gasteiger partial charge in [-0.05, 0) is 30.3 Å². The third kappa shape index (κ3) is 2.55. The predicted octanol–water partition coefficient (Wildman–Crippen LogP) is 1.37. The number of hydrogen-bond acceptors (Lipinski definition) is 6. The Morgan fingerprint density at radius 1 is 1.20 bits per heavy atom. The van der Waals surface area contributed by atoms with E-state index in [0.29, 0.717) is 29.7 Å². The number of carbonyl (C=O) groups excluding carboxylic acids is 1. The van der Waals surface area contributed by atoms with Gasteiger partial charge in [0.1, 0.15) is 18.2 Å². The first-order chi connectivity index (χ1) is 9.74. The molecule has 0 saturated carbocycles. The van der Waals surface area contributed by atoms with Gasteiger partial charge in [-0.15, -0.1) is 0 Å². The van der Waals surface area contributed by atoms with E-state index in [-0.39, 0.29) is 5.56 Å². The molecule has 0 radical (unpaired) electrons. The van der Waals surface area contributed by atoms with Crippen molar-refractivity contribution in [1.82, 2.24) is 4.98 Å². The normalized spacial score (nSPS) is 13.0. The lowest BCUT2D eigenvalue weighted by atomic mass is 10.3. The molecule has 5 nitrogen and oxygen atoms in total. The molecular formula is C14H10NO4S-. The second-order valence-electron chi connectivity index (χ2n) is 4.05. The van der Waals surface area contributed by atoms with Crippen LogP contribution >= 0.6 is 11.8 Å². The third-order valence-electron chi connectivity index (χ3n) is 2.72. The van der Waals surface area contributed by atoms with Crippen molar-refractivity contribution in [3.8, 4) is 11.5 Å². The number of carboxylic acids is 1. The van der Waals surface area contributed by atoms with E-state index in [2.05, 4.69) is 4.98 Å². The van der Waals surface area contributed by atoms with Gasteiger partial charge in [0.05, 0.1) is 5.97 Å². The highest BCUT2D eigenvalue weighted by Crippen LogP contribution is 2.36. The summed E-state index contributed by atoms with van der Waals surface area (Å²) in [6, 6.07) is 8.50.